The fourth-order valence-corrected chi connectivity index (χ4v) is 2.83. The zero-order chi connectivity index (χ0) is 12.4. The first kappa shape index (κ1) is 11.7. The maximum Gasteiger partial charge on any atom is 0.227 e. The second-order valence-corrected chi connectivity index (χ2v) is 5.22. The molecule has 0 radical (unpaired) electrons. The maximum atomic E-state index is 5.75. The van der Waals surface area contributed by atoms with Gasteiger partial charge in [-0.25, -0.2) is 4.98 Å². The van der Waals surface area contributed by atoms with Gasteiger partial charge in [0, 0.05) is 6.61 Å². The maximum absolute atomic E-state index is 5.75. The van der Waals surface area contributed by atoms with Crippen LogP contribution in [0.25, 0.3) is 10.2 Å². The number of ether oxygens (including phenoxy) is 2. The van der Waals surface area contributed by atoms with E-state index in [-0.39, 0.29) is 12.1 Å². The normalized spacial score (nSPS) is 20.1. The van der Waals surface area contributed by atoms with Crippen molar-refractivity contribution in [3.05, 3.63) is 11.4 Å². The van der Waals surface area contributed by atoms with Gasteiger partial charge < -0.3 is 15.2 Å². The van der Waals surface area contributed by atoms with E-state index in [1.165, 1.54) is 17.8 Å². The lowest BCUT2D eigenvalue weighted by Gasteiger charge is -2.22. The third kappa shape index (κ3) is 2.39. The largest absolute Gasteiger partial charge is 0.474 e. The van der Waals surface area contributed by atoms with Crippen LogP contribution in [0.3, 0.4) is 0 Å². The standard InChI is InChI=1S/C12H15N3O2S/c13-12-14-10(9-4-6-18-11(9)15-12)17-7-8-3-1-2-5-16-8/h4,6,8H,1-3,5,7H2,(H2,13,14,15). The number of aromatic nitrogens is 2. The first-order valence-electron chi connectivity index (χ1n) is 6.08. The van der Waals surface area contributed by atoms with Gasteiger partial charge in [-0.05, 0) is 30.7 Å². The Balaban J connectivity index is 1.75. The van der Waals surface area contributed by atoms with Crippen molar-refractivity contribution in [1.82, 2.24) is 9.97 Å². The Morgan fingerprint density at radius 3 is 3.22 bits per heavy atom. The van der Waals surface area contributed by atoms with Crippen molar-refractivity contribution in [2.45, 2.75) is 25.4 Å². The molecule has 1 fully saturated rings. The van der Waals surface area contributed by atoms with Crippen LogP contribution in [0, 0.1) is 0 Å². The molecule has 1 unspecified atom stereocenters. The summed E-state index contributed by atoms with van der Waals surface area (Å²) in [6, 6.07) is 1.95. The van der Waals surface area contributed by atoms with Crippen molar-refractivity contribution >= 4 is 27.5 Å². The van der Waals surface area contributed by atoms with E-state index in [0.717, 1.165) is 29.7 Å². The second-order valence-electron chi connectivity index (χ2n) is 4.33. The SMILES string of the molecule is Nc1nc(OCC2CCCCO2)c2ccsc2n1. The van der Waals surface area contributed by atoms with Crippen molar-refractivity contribution in [3.63, 3.8) is 0 Å². The lowest BCUT2D eigenvalue weighted by Crippen LogP contribution is -2.26. The summed E-state index contributed by atoms with van der Waals surface area (Å²) in [5.41, 5.74) is 5.67. The second kappa shape index (κ2) is 5.07. The molecule has 2 aromatic rings. The lowest BCUT2D eigenvalue weighted by molar-refractivity contribution is -0.0116. The van der Waals surface area contributed by atoms with E-state index in [1.807, 2.05) is 11.4 Å². The average Bonchev–Trinajstić information content (AvgIpc) is 2.85. The van der Waals surface area contributed by atoms with Gasteiger partial charge in [-0.15, -0.1) is 11.3 Å². The van der Waals surface area contributed by atoms with E-state index in [0.29, 0.717) is 12.5 Å². The van der Waals surface area contributed by atoms with Crippen molar-refractivity contribution in [2.75, 3.05) is 18.9 Å². The highest BCUT2D eigenvalue weighted by molar-refractivity contribution is 7.16. The molecule has 2 N–H and O–H groups in total. The fraction of sp³-hybridized carbons (Fsp3) is 0.500. The predicted molar refractivity (Wildman–Crippen MR) is 70.9 cm³/mol. The van der Waals surface area contributed by atoms with E-state index >= 15 is 0 Å². The number of nitrogens with zero attached hydrogens (tertiary/aromatic N) is 2. The zero-order valence-corrected chi connectivity index (χ0v) is 10.8. The van der Waals surface area contributed by atoms with Gasteiger partial charge in [0.05, 0.1) is 11.5 Å². The van der Waals surface area contributed by atoms with Crippen molar-refractivity contribution in [3.8, 4) is 5.88 Å². The summed E-state index contributed by atoms with van der Waals surface area (Å²) < 4.78 is 11.4. The van der Waals surface area contributed by atoms with Crippen LogP contribution in [-0.2, 0) is 4.74 Å². The van der Waals surface area contributed by atoms with Gasteiger partial charge in [-0.2, -0.15) is 4.98 Å². The first-order valence-corrected chi connectivity index (χ1v) is 6.96. The van der Waals surface area contributed by atoms with Crippen molar-refractivity contribution < 1.29 is 9.47 Å². The molecule has 0 saturated carbocycles. The molecule has 5 nitrogen and oxygen atoms in total. The van der Waals surface area contributed by atoms with Crippen LogP contribution in [0.2, 0.25) is 0 Å². The number of rotatable bonds is 3. The molecule has 3 heterocycles. The number of anilines is 1. The monoisotopic (exact) mass is 265 g/mol. The Hall–Kier alpha value is -1.40. The van der Waals surface area contributed by atoms with E-state index in [9.17, 15) is 0 Å². The first-order chi connectivity index (χ1) is 8.83. The van der Waals surface area contributed by atoms with E-state index in [4.69, 9.17) is 15.2 Å². The number of nitrogens with two attached hydrogens (primary N) is 1. The molecule has 0 aliphatic carbocycles. The molecule has 1 atom stereocenters. The Kier molecular flexibility index (Phi) is 3.29. The Labute approximate surface area is 109 Å². The summed E-state index contributed by atoms with van der Waals surface area (Å²) in [5, 5.41) is 2.88. The van der Waals surface area contributed by atoms with Crippen LogP contribution in [-0.4, -0.2) is 29.3 Å². The van der Waals surface area contributed by atoms with Crippen LogP contribution in [0.1, 0.15) is 19.3 Å². The molecule has 2 aromatic heterocycles. The average molecular weight is 265 g/mol. The van der Waals surface area contributed by atoms with Crippen LogP contribution >= 0.6 is 11.3 Å². The van der Waals surface area contributed by atoms with Crippen LogP contribution in [0.4, 0.5) is 5.95 Å². The Morgan fingerprint density at radius 1 is 1.44 bits per heavy atom. The molecule has 3 rings (SSSR count). The molecule has 0 bridgehead atoms. The quantitative estimate of drug-likeness (QED) is 0.921. The Morgan fingerprint density at radius 2 is 2.39 bits per heavy atom. The van der Waals surface area contributed by atoms with Gasteiger partial charge in [-0.3, -0.25) is 0 Å². The molecule has 1 aliphatic heterocycles. The topological polar surface area (TPSA) is 70.3 Å². The highest BCUT2D eigenvalue weighted by Gasteiger charge is 2.16. The zero-order valence-electron chi connectivity index (χ0n) is 9.96. The highest BCUT2D eigenvalue weighted by atomic mass is 32.1. The smallest absolute Gasteiger partial charge is 0.227 e. The minimum atomic E-state index is 0.170. The fourth-order valence-electron chi connectivity index (χ4n) is 2.06. The number of hydrogen-bond donors (Lipinski definition) is 1. The molecule has 1 aliphatic rings. The lowest BCUT2D eigenvalue weighted by atomic mass is 10.1. The number of thiophene rings is 1. The number of hydrogen-bond acceptors (Lipinski definition) is 6. The summed E-state index contributed by atoms with van der Waals surface area (Å²) in [7, 11) is 0. The molecule has 18 heavy (non-hydrogen) atoms. The summed E-state index contributed by atoms with van der Waals surface area (Å²) in [6.45, 7) is 1.36. The number of nitrogen functional groups attached to an aromatic ring is 1. The number of fused-ring (bicyclic) bond motifs is 1. The summed E-state index contributed by atoms with van der Waals surface area (Å²) in [6.07, 6.45) is 3.57. The van der Waals surface area contributed by atoms with Gasteiger partial charge in [-0.1, -0.05) is 0 Å². The van der Waals surface area contributed by atoms with Crippen LogP contribution in [0.5, 0.6) is 5.88 Å². The van der Waals surface area contributed by atoms with E-state index in [2.05, 4.69) is 9.97 Å². The molecule has 0 aromatic carbocycles. The van der Waals surface area contributed by atoms with E-state index < -0.39 is 0 Å². The van der Waals surface area contributed by atoms with Gasteiger partial charge in [0.1, 0.15) is 11.4 Å². The molecule has 0 spiro atoms. The Bertz CT molecular complexity index is 537. The summed E-state index contributed by atoms with van der Waals surface area (Å²) in [5.74, 6) is 0.817. The van der Waals surface area contributed by atoms with Crippen LogP contribution < -0.4 is 10.5 Å². The summed E-state index contributed by atoms with van der Waals surface area (Å²) >= 11 is 1.53. The minimum Gasteiger partial charge on any atom is -0.474 e. The van der Waals surface area contributed by atoms with Crippen LogP contribution in [0.15, 0.2) is 11.4 Å². The highest BCUT2D eigenvalue weighted by Crippen LogP contribution is 2.27. The minimum absolute atomic E-state index is 0.170. The third-order valence-corrected chi connectivity index (χ3v) is 3.79. The molecule has 96 valence electrons. The molecule has 1 saturated heterocycles. The van der Waals surface area contributed by atoms with Gasteiger partial charge in [0.2, 0.25) is 11.8 Å². The van der Waals surface area contributed by atoms with Gasteiger partial charge in [0.15, 0.2) is 0 Å². The molecular formula is C12H15N3O2S. The predicted octanol–water partition coefficient (Wildman–Crippen LogP) is 2.22. The van der Waals surface area contributed by atoms with Crippen molar-refractivity contribution in [2.24, 2.45) is 0 Å². The molecule has 0 amide bonds. The summed E-state index contributed by atoms with van der Waals surface area (Å²) in [4.78, 5) is 9.18. The van der Waals surface area contributed by atoms with E-state index in [1.54, 1.807) is 0 Å². The van der Waals surface area contributed by atoms with Crippen molar-refractivity contribution in [1.29, 1.82) is 0 Å². The van der Waals surface area contributed by atoms with Gasteiger partial charge in [0.25, 0.3) is 0 Å². The third-order valence-electron chi connectivity index (χ3n) is 2.99. The molecular weight excluding hydrogens is 250 g/mol. The van der Waals surface area contributed by atoms with Gasteiger partial charge >= 0.3 is 0 Å². The molecule has 6 heteroatoms.